The van der Waals surface area contributed by atoms with Crippen molar-refractivity contribution < 1.29 is 4.39 Å². The molecular weight excluding hydrogens is 215 g/mol. The maximum Gasteiger partial charge on any atom is 0.124 e. The van der Waals surface area contributed by atoms with Crippen molar-refractivity contribution in [1.82, 2.24) is 4.98 Å². The van der Waals surface area contributed by atoms with Crippen LogP contribution in [0.5, 0.6) is 0 Å². The van der Waals surface area contributed by atoms with E-state index in [1.165, 1.54) is 12.1 Å². The fourth-order valence-corrected chi connectivity index (χ4v) is 1.58. The number of hydrogen-bond acceptors (Lipinski definition) is 2. The second-order valence-corrected chi connectivity index (χ2v) is 3.47. The molecule has 2 nitrogen and oxygen atoms in total. The number of nitrogens with zero attached hydrogens (tertiary/aromatic N) is 1. The number of nitrogens with two attached hydrogens (primary N) is 1. The summed E-state index contributed by atoms with van der Waals surface area (Å²) in [5.74, 6) is -0.377. The Labute approximate surface area is 91.5 Å². The van der Waals surface area contributed by atoms with Crippen LogP contribution in [0.2, 0.25) is 5.02 Å². The van der Waals surface area contributed by atoms with Crippen LogP contribution < -0.4 is 5.73 Å². The Kier molecular flexibility index (Phi) is 2.56. The van der Waals surface area contributed by atoms with Crippen molar-refractivity contribution >= 4 is 17.3 Å². The van der Waals surface area contributed by atoms with Gasteiger partial charge in [0, 0.05) is 11.8 Å². The van der Waals surface area contributed by atoms with Gasteiger partial charge in [-0.3, -0.25) is 4.98 Å². The maximum absolute atomic E-state index is 12.8. The normalized spacial score (nSPS) is 10.3. The van der Waals surface area contributed by atoms with Crippen molar-refractivity contribution in [3.63, 3.8) is 0 Å². The molecule has 0 aliphatic rings. The first-order chi connectivity index (χ1) is 7.18. The van der Waals surface area contributed by atoms with Gasteiger partial charge in [0.05, 0.1) is 16.4 Å². The van der Waals surface area contributed by atoms with Crippen molar-refractivity contribution in [2.45, 2.75) is 0 Å². The van der Waals surface area contributed by atoms with Crippen LogP contribution in [0.15, 0.2) is 36.5 Å². The van der Waals surface area contributed by atoms with Gasteiger partial charge in [-0.05, 0) is 30.3 Å². The van der Waals surface area contributed by atoms with Crippen molar-refractivity contribution in [3.05, 3.63) is 47.4 Å². The lowest BCUT2D eigenvalue weighted by molar-refractivity contribution is 0.628. The molecule has 0 saturated heterocycles. The summed E-state index contributed by atoms with van der Waals surface area (Å²) in [6, 6.07) is 7.59. The second kappa shape index (κ2) is 3.87. The van der Waals surface area contributed by atoms with E-state index in [-0.39, 0.29) is 5.82 Å². The Morgan fingerprint density at radius 3 is 2.73 bits per heavy atom. The number of pyridine rings is 1. The summed E-state index contributed by atoms with van der Waals surface area (Å²) in [6.07, 6.45) is 1.62. The summed E-state index contributed by atoms with van der Waals surface area (Å²) in [7, 11) is 0. The van der Waals surface area contributed by atoms with Crippen LogP contribution in [-0.4, -0.2) is 4.98 Å². The van der Waals surface area contributed by atoms with Crippen LogP contribution in [0.3, 0.4) is 0 Å². The molecule has 2 rings (SSSR count). The van der Waals surface area contributed by atoms with E-state index in [2.05, 4.69) is 4.98 Å². The van der Waals surface area contributed by atoms with Gasteiger partial charge in [0.2, 0.25) is 0 Å². The van der Waals surface area contributed by atoms with E-state index in [0.29, 0.717) is 22.0 Å². The molecule has 15 heavy (non-hydrogen) atoms. The molecule has 0 amide bonds. The summed E-state index contributed by atoms with van der Waals surface area (Å²) in [4.78, 5) is 4.11. The van der Waals surface area contributed by atoms with Gasteiger partial charge in [-0.1, -0.05) is 11.6 Å². The number of halogens is 2. The van der Waals surface area contributed by atoms with Crippen LogP contribution in [0, 0.1) is 5.82 Å². The summed E-state index contributed by atoms with van der Waals surface area (Å²) in [5.41, 5.74) is 7.47. The van der Waals surface area contributed by atoms with Crippen LogP contribution in [0.4, 0.5) is 10.1 Å². The highest BCUT2D eigenvalue weighted by Gasteiger charge is 2.08. The summed E-state index contributed by atoms with van der Waals surface area (Å²) in [6.45, 7) is 0. The van der Waals surface area contributed by atoms with Crippen LogP contribution in [0.25, 0.3) is 11.3 Å². The van der Waals surface area contributed by atoms with Crippen LogP contribution in [-0.2, 0) is 0 Å². The first-order valence-electron chi connectivity index (χ1n) is 4.34. The average molecular weight is 223 g/mol. The second-order valence-electron chi connectivity index (χ2n) is 3.07. The highest BCUT2D eigenvalue weighted by Crippen LogP contribution is 2.30. The van der Waals surface area contributed by atoms with Gasteiger partial charge >= 0.3 is 0 Å². The minimum atomic E-state index is -0.377. The van der Waals surface area contributed by atoms with Gasteiger partial charge in [-0.15, -0.1) is 0 Å². The monoisotopic (exact) mass is 222 g/mol. The van der Waals surface area contributed by atoms with Gasteiger partial charge in [0.25, 0.3) is 0 Å². The van der Waals surface area contributed by atoms with E-state index in [1.54, 1.807) is 24.4 Å². The molecule has 0 saturated carbocycles. The fourth-order valence-electron chi connectivity index (χ4n) is 1.32. The maximum atomic E-state index is 12.8. The molecule has 1 heterocycles. The molecular formula is C11H8ClFN2. The third kappa shape index (κ3) is 1.92. The number of aromatic nitrogens is 1. The largest absolute Gasteiger partial charge is 0.397 e. The van der Waals surface area contributed by atoms with E-state index in [1.807, 2.05) is 0 Å². The Morgan fingerprint density at radius 1 is 1.27 bits per heavy atom. The van der Waals surface area contributed by atoms with E-state index >= 15 is 0 Å². The fraction of sp³-hybridized carbons (Fsp3) is 0. The zero-order valence-corrected chi connectivity index (χ0v) is 8.50. The van der Waals surface area contributed by atoms with E-state index in [0.717, 1.165) is 0 Å². The minimum Gasteiger partial charge on any atom is -0.397 e. The molecule has 0 aliphatic carbocycles. The van der Waals surface area contributed by atoms with Gasteiger partial charge in [0.1, 0.15) is 5.82 Å². The molecule has 0 fully saturated rings. The lowest BCUT2D eigenvalue weighted by Gasteiger charge is -2.06. The van der Waals surface area contributed by atoms with E-state index < -0.39 is 0 Å². The number of anilines is 1. The molecule has 0 radical (unpaired) electrons. The SMILES string of the molecule is Nc1cccnc1-c1ccc(F)cc1Cl. The third-order valence-electron chi connectivity index (χ3n) is 2.03. The topological polar surface area (TPSA) is 38.9 Å². The van der Waals surface area contributed by atoms with Gasteiger partial charge in [-0.2, -0.15) is 0 Å². The zero-order chi connectivity index (χ0) is 10.8. The Balaban J connectivity index is 2.60. The Hall–Kier alpha value is -1.61. The summed E-state index contributed by atoms with van der Waals surface area (Å²) in [5, 5.41) is 0.306. The van der Waals surface area contributed by atoms with E-state index in [9.17, 15) is 4.39 Å². The molecule has 2 N–H and O–H groups in total. The Morgan fingerprint density at radius 2 is 2.07 bits per heavy atom. The van der Waals surface area contributed by atoms with Crippen molar-refractivity contribution in [1.29, 1.82) is 0 Å². The molecule has 0 aliphatic heterocycles. The number of nitrogen functional groups attached to an aromatic ring is 1. The first-order valence-corrected chi connectivity index (χ1v) is 4.72. The average Bonchev–Trinajstić information content (AvgIpc) is 2.20. The zero-order valence-electron chi connectivity index (χ0n) is 7.74. The third-order valence-corrected chi connectivity index (χ3v) is 2.34. The molecule has 2 aromatic rings. The van der Waals surface area contributed by atoms with Crippen LogP contribution in [0.1, 0.15) is 0 Å². The van der Waals surface area contributed by atoms with Gasteiger partial charge in [-0.25, -0.2) is 4.39 Å². The van der Waals surface area contributed by atoms with E-state index in [4.69, 9.17) is 17.3 Å². The van der Waals surface area contributed by atoms with Crippen molar-refractivity contribution in [2.24, 2.45) is 0 Å². The highest BCUT2D eigenvalue weighted by atomic mass is 35.5. The number of hydrogen-bond donors (Lipinski definition) is 1. The van der Waals surface area contributed by atoms with Crippen LogP contribution >= 0.6 is 11.6 Å². The predicted octanol–water partition coefficient (Wildman–Crippen LogP) is 3.12. The molecule has 0 bridgehead atoms. The van der Waals surface area contributed by atoms with Crippen molar-refractivity contribution in [2.75, 3.05) is 5.73 Å². The predicted molar refractivity (Wildman–Crippen MR) is 59.1 cm³/mol. The highest BCUT2D eigenvalue weighted by molar-refractivity contribution is 6.33. The molecule has 76 valence electrons. The summed E-state index contributed by atoms with van der Waals surface area (Å²) >= 11 is 5.90. The summed E-state index contributed by atoms with van der Waals surface area (Å²) < 4.78 is 12.8. The molecule has 4 heteroatoms. The molecule has 1 aromatic heterocycles. The lowest BCUT2D eigenvalue weighted by Crippen LogP contribution is -1.93. The standard InChI is InChI=1S/C11H8ClFN2/c12-9-6-7(13)3-4-8(9)11-10(14)2-1-5-15-11/h1-6H,14H2. The smallest absolute Gasteiger partial charge is 0.124 e. The number of benzene rings is 1. The lowest BCUT2D eigenvalue weighted by atomic mass is 10.1. The molecule has 1 aromatic carbocycles. The molecule has 0 unspecified atom stereocenters. The van der Waals surface area contributed by atoms with Gasteiger partial charge in [0.15, 0.2) is 0 Å². The quantitative estimate of drug-likeness (QED) is 0.805. The van der Waals surface area contributed by atoms with Gasteiger partial charge < -0.3 is 5.73 Å². The Bertz CT molecular complexity index is 500. The van der Waals surface area contributed by atoms with Crippen molar-refractivity contribution in [3.8, 4) is 11.3 Å². The minimum absolute atomic E-state index is 0.306. The number of rotatable bonds is 1. The first kappa shape index (κ1) is 9.93. The molecule has 0 atom stereocenters. The molecule has 0 spiro atoms.